The Kier molecular flexibility index (Phi) is 6.97. The van der Waals surface area contributed by atoms with Crippen LogP contribution in [0.1, 0.15) is 58.3 Å². The monoisotopic (exact) mass is 295 g/mol. The van der Waals surface area contributed by atoms with E-state index in [9.17, 15) is 0 Å². The maximum absolute atomic E-state index is 3.73. The van der Waals surface area contributed by atoms with Crippen LogP contribution in [0.3, 0.4) is 0 Å². The minimum atomic E-state index is 0.547. The Morgan fingerprint density at radius 3 is 2.43 bits per heavy atom. The van der Waals surface area contributed by atoms with E-state index in [0.29, 0.717) is 5.41 Å². The Balaban J connectivity index is 1.87. The summed E-state index contributed by atoms with van der Waals surface area (Å²) < 4.78 is 0. The van der Waals surface area contributed by atoms with Crippen molar-refractivity contribution in [1.29, 1.82) is 0 Å². The molecule has 0 atom stereocenters. The normalized spacial score (nSPS) is 24.6. The molecule has 1 saturated heterocycles. The topological polar surface area (TPSA) is 18.5 Å². The maximum atomic E-state index is 3.73. The SMILES string of the molecule is CCCNCC1(CN(C)C2CCN(C)CC2)CCCCC1. The van der Waals surface area contributed by atoms with E-state index in [0.717, 1.165) is 6.04 Å². The molecule has 0 amide bonds. The summed E-state index contributed by atoms with van der Waals surface area (Å²) in [7, 11) is 4.64. The second-order valence-electron chi connectivity index (χ2n) is 7.69. The van der Waals surface area contributed by atoms with Crippen molar-refractivity contribution in [3.8, 4) is 0 Å². The molecule has 0 bridgehead atoms. The zero-order chi connectivity index (χ0) is 15.1. The first kappa shape index (κ1) is 17.2. The van der Waals surface area contributed by atoms with Gasteiger partial charge < -0.3 is 15.1 Å². The predicted octanol–water partition coefficient (Wildman–Crippen LogP) is 2.96. The largest absolute Gasteiger partial charge is 0.316 e. The Bertz CT molecular complexity index is 278. The van der Waals surface area contributed by atoms with Crippen molar-refractivity contribution >= 4 is 0 Å². The molecule has 2 rings (SSSR count). The number of likely N-dealkylation sites (tertiary alicyclic amines) is 1. The molecule has 0 spiro atoms. The van der Waals surface area contributed by atoms with Gasteiger partial charge in [-0.3, -0.25) is 0 Å². The molecule has 1 saturated carbocycles. The molecule has 1 aliphatic carbocycles. The number of nitrogens with one attached hydrogen (secondary N) is 1. The average molecular weight is 296 g/mol. The standard InChI is InChI=1S/C18H37N3/c1-4-12-19-15-18(10-6-5-7-11-18)16-21(3)17-8-13-20(2)14-9-17/h17,19H,4-16H2,1-3H3. The summed E-state index contributed by atoms with van der Waals surface area (Å²) in [4.78, 5) is 5.18. The first-order chi connectivity index (χ1) is 10.2. The zero-order valence-electron chi connectivity index (χ0n) is 14.7. The summed E-state index contributed by atoms with van der Waals surface area (Å²) in [5, 5.41) is 3.73. The molecule has 1 heterocycles. The third-order valence-electron chi connectivity index (χ3n) is 5.74. The van der Waals surface area contributed by atoms with E-state index in [4.69, 9.17) is 0 Å². The quantitative estimate of drug-likeness (QED) is 0.729. The van der Waals surface area contributed by atoms with Gasteiger partial charge in [-0.15, -0.1) is 0 Å². The summed E-state index contributed by atoms with van der Waals surface area (Å²) in [6.07, 6.45) is 11.1. The highest BCUT2D eigenvalue weighted by atomic mass is 15.2. The van der Waals surface area contributed by atoms with Crippen molar-refractivity contribution in [2.75, 3.05) is 46.8 Å². The minimum Gasteiger partial charge on any atom is -0.316 e. The van der Waals surface area contributed by atoms with E-state index >= 15 is 0 Å². The summed E-state index contributed by atoms with van der Waals surface area (Å²) in [6.45, 7) is 8.53. The molecule has 124 valence electrons. The van der Waals surface area contributed by atoms with Gasteiger partial charge in [-0.25, -0.2) is 0 Å². The molecule has 0 aromatic carbocycles. The lowest BCUT2D eigenvalue weighted by Crippen LogP contribution is -2.49. The number of piperidine rings is 1. The van der Waals surface area contributed by atoms with Gasteiger partial charge in [0.15, 0.2) is 0 Å². The van der Waals surface area contributed by atoms with Gasteiger partial charge in [-0.2, -0.15) is 0 Å². The highest BCUT2D eigenvalue weighted by Gasteiger charge is 2.34. The average Bonchev–Trinajstić information content (AvgIpc) is 2.49. The summed E-state index contributed by atoms with van der Waals surface area (Å²) in [5.74, 6) is 0. The van der Waals surface area contributed by atoms with E-state index in [2.05, 4.69) is 36.1 Å². The lowest BCUT2D eigenvalue weighted by atomic mass is 9.73. The van der Waals surface area contributed by atoms with Crippen LogP contribution < -0.4 is 5.32 Å². The Morgan fingerprint density at radius 2 is 1.81 bits per heavy atom. The van der Waals surface area contributed by atoms with Crippen LogP contribution in [0.4, 0.5) is 0 Å². The van der Waals surface area contributed by atoms with E-state index in [1.807, 2.05) is 0 Å². The smallest absolute Gasteiger partial charge is 0.0117 e. The predicted molar refractivity (Wildman–Crippen MR) is 91.8 cm³/mol. The van der Waals surface area contributed by atoms with Gasteiger partial charge in [0.05, 0.1) is 0 Å². The number of hydrogen-bond donors (Lipinski definition) is 1. The second kappa shape index (κ2) is 8.50. The van der Waals surface area contributed by atoms with Crippen LogP contribution in [-0.4, -0.2) is 62.7 Å². The Labute approximate surface area is 132 Å². The Morgan fingerprint density at radius 1 is 1.14 bits per heavy atom. The first-order valence-corrected chi connectivity index (χ1v) is 9.25. The lowest BCUT2D eigenvalue weighted by molar-refractivity contribution is 0.0681. The van der Waals surface area contributed by atoms with Crippen molar-refractivity contribution in [3.63, 3.8) is 0 Å². The van der Waals surface area contributed by atoms with Crippen LogP contribution in [0.5, 0.6) is 0 Å². The van der Waals surface area contributed by atoms with Crippen molar-refractivity contribution in [2.45, 2.75) is 64.3 Å². The molecule has 0 unspecified atom stereocenters. The highest BCUT2D eigenvalue weighted by Crippen LogP contribution is 2.37. The van der Waals surface area contributed by atoms with Crippen molar-refractivity contribution < 1.29 is 0 Å². The van der Waals surface area contributed by atoms with Crippen molar-refractivity contribution in [2.24, 2.45) is 5.41 Å². The number of nitrogens with zero attached hydrogens (tertiary/aromatic N) is 2. The molecule has 2 fully saturated rings. The number of rotatable bonds is 7. The second-order valence-corrected chi connectivity index (χ2v) is 7.69. The fraction of sp³-hybridized carbons (Fsp3) is 1.00. The van der Waals surface area contributed by atoms with Crippen LogP contribution in [-0.2, 0) is 0 Å². The van der Waals surface area contributed by atoms with Gasteiger partial charge in [0.2, 0.25) is 0 Å². The third kappa shape index (κ3) is 5.22. The van der Waals surface area contributed by atoms with Gasteiger partial charge in [-0.1, -0.05) is 26.2 Å². The van der Waals surface area contributed by atoms with E-state index in [1.165, 1.54) is 84.1 Å². The molecular weight excluding hydrogens is 258 g/mol. The molecule has 1 N–H and O–H groups in total. The van der Waals surface area contributed by atoms with Crippen molar-refractivity contribution in [1.82, 2.24) is 15.1 Å². The van der Waals surface area contributed by atoms with Crippen LogP contribution >= 0.6 is 0 Å². The molecule has 0 aromatic rings. The van der Waals surface area contributed by atoms with Gasteiger partial charge in [0.1, 0.15) is 0 Å². The fourth-order valence-electron chi connectivity index (χ4n) is 4.32. The summed E-state index contributed by atoms with van der Waals surface area (Å²) in [6, 6.07) is 0.811. The van der Waals surface area contributed by atoms with E-state index in [-0.39, 0.29) is 0 Å². The molecule has 2 aliphatic rings. The van der Waals surface area contributed by atoms with E-state index in [1.54, 1.807) is 0 Å². The van der Waals surface area contributed by atoms with E-state index < -0.39 is 0 Å². The third-order valence-corrected chi connectivity index (χ3v) is 5.74. The molecule has 3 nitrogen and oxygen atoms in total. The molecule has 0 radical (unpaired) electrons. The zero-order valence-corrected chi connectivity index (χ0v) is 14.7. The molecule has 0 aromatic heterocycles. The lowest BCUT2D eigenvalue weighted by Gasteiger charge is -2.44. The Hall–Kier alpha value is -0.120. The minimum absolute atomic E-state index is 0.547. The molecule has 3 heteroatoms. The highest BCUT2D eigenvalue weighted by molar-refractivity contribution is 4.89. The van der Waals surface area contributed by atoms with Crippen LogP contribution in [0.15, 0.2) is 0 Å². The van der Waals surface area contributed by atoms with Gasteiger partial charge in [-0.05, 0) is 71.2 Å². The first-order valence-electron chi connectivity index (χ1n) is 9.25. The van der Waals surface area contributed by atoms with Crippen LogP contribution in [0.25, 0.3) is 0 Å². The summed E-state index contributed by atoms with van der Waals surface area (Å²) in [5.41, 5.74) is 0.547. The van der Waals surface area contributed by atoms with Crippen LogP contribution in [0.2, 0.25) is 0 Å². The fourth-order valence-corrected chi connectivity index (χ4v) is 4.32. The summed E-state index contributed by atoms with van der Waals surface area (Å²) >= 11 is 0. The molecular formula is C18H37N3. The van der Waals surface area contributed by atoms with Crippen molar-refractivity contribution in [3.05, 3.63) is 0 Å². The molecule has 21 heavy (non-hydrogen) atoms. The number of hydrogen-bond acceptors (Lipinski definition) is 3. The van der Waals surface area contributed by atoms with Gasteiger partial charge in [0.25, 0.3) is 0 Å². The van der Waals surface area contributed by atoms with Gasteiger partial charge in [0, 0.05) is 19.1 Å². The van der Waals surface area contributed by atoms with Gasteiger partial charge >= 0.3 is 0 Å². The van der Waals surface area contributed by atoms with Crippen LogP contribution in [0, 0.1) is 5.41 Å². The maximum Gasteiger partial charge on any atom is 0.0117 e. The molecule has 1 aliphatic heterocycles.